The molecule has 4 aromatic carbocycles. The summed E-state index contributed by atoms with van der Waals surface area (Å²) >= 11 is 8.64. The lowest BCUT2D eigenvalue weighted by atomic mass is 9.77. The third-order valence-corrected chi connectivity index (χ3v) is 11.7. The maximum absolute atomic E-state index is 13.9. The lowest BCUT2D eigenvalue weighted by Gasteiger charge is -2.49. The number of rotatable bonds is 15. The van der Waals surface area contributed by atoms with Crippen LogP contribution in [0.5, 0.6) is 5.75 Å². The number of anilines is 1. The Morgan fingerprint density at radius 2 is 1.54 bits per heavy atom. The predicted octanol–water partition coefficient (Wildman–Crippen LogP) is 7.10. The molecule has 2 amide bonds. The second-order valence-electron chi connectivity index (χ2n) is 12.8. The van der Waals surface area contributed by atoms with Crippen LogP contribution in [0.15, 0.2) is 149 Å². The first kappa shape index (κ1) is 39.3. The highest BCUT2D eigenvalue weighted by Gasteiger charge is 2.54. The van der Waals surface area contributed by atoms with Crippen LogP contribution in [0.25, 0.3) is 0 Å². The fraction of sp³-hybridized carbons (Fsp3) is 0.186. The van der Waals surface area contributed by atoms with E-state index in [0.717, 1.165) is 22.3 Å². The molecule has 2 aliphatic rings. The number of methoxy groups -OCH3 is 1. The number of benzene rings is 4. The quantitative estimate of drug-likeness (QED) is 0.0284. The van der Waals surface area contributed by atoms with Crippen molar-refractivity contribution in [3.05, 3.63) is 172 Å². The number of thiazole rings is 1. The van der Waals surface area contributed by atoms with Crippen molar-refractivity contribution in [1.82, 2.24) is 15.2 Å². The van der Waals surface area contributed by atoms with Gasteiger partial charge in [-0.15, -0.1) is 34.7 Å². The molecule has 3 heterocycles. The summed E-state index contributed by atoms with van der Waals surface area (Å²) in [6.07, 6.45) is 3.42. The molecule has 0 bridgehead atoms. The molecule has 290 valence electrons. The molecule has 11 nitrogen and oxygen atoms in total. The Kier molecular flexibility index (Phi) is 12.4. The summed E-state index contributed by atoms with van der Waals surface area (Å²) in [5.41, 5.74) is 3.71. The van der Waals surface area contributed by atoms with Gasteiger partial charge in [0.15, 0.2) is 10.8 Å². The number of halogens is 1. The van der Waals surface area contributed by atoms with E-state index in [4.69, 9.17) is 30.9 Å². The molecule has 1 aromatic heterocycles. The number of thioether (sulfide) groups is 1. The topological polar surface area (TPSA) is 131 Å². The van der Waals surface area contributed by atoms with Gasteiger partial charge in [0, 0.05) is 17.0 Å². The SMILES string of the molecule is CON=C(C(=O)N[C@@H]1C(=O)N2C(C(=O)OCc3ccc(OC)cc3)=C(/C=C\CCl)CS[C@@H]12)c1csc(NC(c2ccccc2)(c2ccccc2)c2ccccc2)n1. The lowest BCUT2D eigenvalue weighted by molar-refractivity contribution is -0.153. The largest absolute Gasteiger partial charge is 0.497 e. The van der Waals surface area contributed by atoms with Crippen LogP contribution in [0.3, 0.4) is 0 Å². The molecule has 5 aromatic rings. The molecule has 0 radical (unpaired) electrons. The highest BCUT2D eigenvalue weighted by atomic mass is 35.5. The van der Waals surface area contributed by atoms with Crippen LogP contribution in [0.4, 0.5) is 5.13 Å². The molecule has 2 atom stereocenters. The Bertz CT molecular complexity index is 2210. The average molecular weight is 820 g/mol. The molecular weight excluding hydrogens is 782 g/mol. The van der Waals surface area contributed by atoms with E-state index in [-0.39, 0.29) is 29.6 Å². The van der Waals surface area contributed by atoms with E-state index in [1.54, 1.807) is 48.9 Å². The van der Waals surface area contributed by atoms with E-state index >= 15 is 0 Å². The maximum Gasteiger partial charge on any atom is 0.355 e. The van der Waals surface area contributed by atoms with E-state index in [1.165, 1.54) is 35.1 Å². The zero-order chi connectivity index (χ0) is 39.8. The minimum absolute atomic E-state index is 0.0106. The molecule has 0 spiro atoms. The molecule has 2 aliphatic heterocycles. The highest BCUT2D eigenvalue weighted by molar-refractivity contribution is 8.00. The number of carbonyl (C=O) groups is 3. The van der Waals surface area contributed by atoms with Crippen LogP contribution in [-0.4, -0.2) is 70.6 Å². The van der Waals surface area contributed by atoms with Crippen LogP contribution in [0, 0.1) is 0 Å². The number of hydrogen-bond donors (Lipinski definition) is 2. The van der Waals surface area contributed by atoms with E-state index in [9.17, 15) is 14.4 Å². The van der Waals surface area contributed by atoms with Gasteiger partial charge < -0.3 is 24.9 Å². The van der Waals surface area contributed by atoms with Crippen molar-refractivity contribution in [2.45, 2.75) is 23.6 Å². The summed E-state index contributed by atoms with van der Waals surface area (Å²) in [6, 6.07) is 36.4. The summed E-state index contributed by atoms with van der Waals surface area (Å²) in [4.78, 5) is 52.6. The number of nitrogens with zero attached hydrogens (tertiary/aromatic N) is 3. The van der Waals surface area contributed by atoms with Crippen LogP contribution < -0.4 is 15.4 Å². The molecular formula is C43H38ClN5O6S2. The van der Waals surface area contributed by atoms with E-state index < -0.39 is 34.7 Å². The van der Waals surface area contributed by atoms with E-state index in [2.05, 4.69) is 52.2 Å². The fourth-order valence-corrected chi connectivity index (χ4v) is 8.93. The minimum Gasteiger partial charge on any atom is -0.497 e. The number of alkyl halides is 1. The van der Waals surface area contributed by atoms with Gasteiger partial charge in [-0.25, -0.2) is 9.78 Å². The number of nitrogens with one attached hydrogen (secondary N) is 2. The van der Waals surface area contributed by atoms with Crippen molar-refractivity contribution in [2.24, 2.45) is 5.16 Å². The number of oxime groups is 1. The Balaban J connectivity index is 1.12. The standard InChI is InChI=1S/C43H38ClN5O6S2/c1-53-33-22-20-28(21-23-33)25-55-41(52)37-29(13-12-24-44)26-56-40-36(39(51)49(37)40)46-38(50)35(48-54-2)34-27-57-42(45-34)47-43(30-14-6-3-7-15-30,31-16-8-4-9-17-31)32-18-10-5-11-19-32/h3-23,27,36,40H,24-26H2,1-2H3,(H,45,47)(H,46,50)/b13-12-,48-35?/t36-,40+/m1/s1. The first-order chi connectivity index (χ1) is 27.9. The van der Waals surface area contributed by atoms with Crippen molar-refractivity contribution in [3.63, 3.8) is 0 Å². The van der Waals surface area contributed by atoms with Gasteiger partial charge in [0.1, 0.15) is 47.8 Å². The average Bonchev–Trinajstić information content (AvgIpc) is 3.73. The number of ether oxygens (including phenoxy) is 2. The number of β-lactam (4-membered cyclic amide) rings is 1. The van der Waals surface area contributed by atoms with Crippen LogP contribution >= 0.6 is 34.7 Å². The van der Waals surface area contributed by atoms with Crippen molar-refractivity contribution < 1.29 is 28.7 Å². The van der Waals surface area contributed by atoms with Gasteiger partial charge in [-0.05, 0) is 40.0 Å². The Hall–Kier alpha value is -5.89. The molecule has 0 aliphatic carbocycles. The highest BCUT2D eigenvalue weighted by Crippen LogP contribution is 2.42. The van der Waals surface area contributed by atoms with Crippen molar-refractivity contribution >= 4 is 63.3 Å². The number of amides is 2. The van der Waals surface area contributed by atoms with Gasteiger partial charge in [0.25, 0.3) is 11.8 Å². The lowest BCUT2D eigenvalue weighted by Crippen LogP contribution is -2.71. The first-order valence-electron chi connectivity index (χ1n) is 17.9. The summed E-state index contributed by atoms with van der Waals surface area (Å²) < 4.78 is 10.9. The van der Waals surface area contributed by atoms with Crippen LogP contribution in [0.1, 0.15) is 27.9 Å². The molecule has 1 fully saturated rings. The number of hydrogen-bond acceptors (Lipinski definition) is 11. The Morgan fingerprint density at radius 1 is 0.930 bits per heavy atom. The number of aromatic nitrogens is 1. The molecule has 1 saturated heterocycles. The van der Waals surface area contributed by atoms with Crippen molar-refractivity contribution in [1.29, 1.82) is 0 Å². The third kappa shape index (κ3) is 8.18. The summed E-state index contributed by atoms with van der Waals surface area (Å²) in [5.74, 6) is -0.509. The molecule has 57 heavy (non-hydrogen) atoms. The molecule has 7 rings (SSSR count). The van der Waals surface area contributed by atoms with Gasteiger partial charge in [0.05, 0.1) is 7.11 Å². The fourth-order valence-electron chi connectivity index (χ4n) is 6.77. The number of allylic oxidation sites excluding steroid dienone is 2. The van der Waals surface area contributed by atoms with Gasteiger partial charge in [-0.3, -0.25) is 14.5 Å². The third-order valence-electron chi connectivity index (χ3n) is 9.47. The normalized spacial score (nSPS) is 16.8. The number of fused-ring (bicyclic) bond motifs is 1. The van der Waals surface area contributed by atoms with Gasteiger partial charge >= 0.3 is 5.97 Å². The zero-order valence-electron chi connectivity index (χ0n) is 31.0. The smallest absolute Gasteiger partial charge is 0.355 e. The minimum atomic E-state index is -0.953. The van der Waals surface area contributed by atoms with Crippen molar-refractivity contribution in [3.8, 4) is 5.75 Å². The summed E-state index contributed by atoms with van der Waals surface area (Å²) in [7, 11) is 2.91. The number of carbonyl (C=O) groups excluding carboxylic acids is 3. The predicted molar refractivity (Wildman–Crippen MR) is 223 cm³/mol. The van der Waals surface area contributed by atoms with Crippen LogP contribution in [0.2, 0.25) is 0 Å². The Labute approximate surface area is 343 Å². The van der Waals surface area contributed by atoms with Gasteiger partial charge in [-0.2, -0.15) is 0 Å². The van der Waals surface area contributed by atoms with Crippen molar-refractivity contribution in [2.75, 3.05) is 31.2 Å². The zero-order valence-corrected chi connectivity index (χ0v) is 33.4. The van der Waals surface area contributed by atoms with Gasteiger partial charge in [-0.1, -0.05) is 120 Å². The monoisotopic (exact) mass is 819 g/mol. The first-order valence-corrected chi connectivity index (χ1v) is 20.4. The Morgan fingerprint density at radius 3 is 2.11 bits per heavy atom. The number of esters is 1. The van der Waals surface area contributed by atoms with E-state index in [0.29, 0.717) is 22.2 Å². The summed E-state index contributed by atoms with van der Waals surface area (Å²) in [6.45, 7) is -0.0106. The second kappa shape index (κ2) is 17.9. The molecule has 0 unspecified atom stereocenters. The molecule has 14 heteroatoms. The van der Waals surface area contributed by atoms with E-state index in [1.807, 2.05) is 54.6 Å². The summed E-state index contributed by atoms with van der Waals surface area (Å²) in [5, 5.41) is 12.3. The molecule has 2 N–H and O–H groups in total. The van der Waals surface area contributed by atoms with Crippen LogP contribution in [-0.2, 0) is 36.1 Å². The maximum atomic E-state index is 13.9. The van der Waals surface area contributed by atoms with Gasteiger partial charge in [0.2, 0.25) is 0 Å². The second-order valence-corrected chi connectivity index (χ2v) is 15.1. The molecule has 0 saturated carbocycles.